The van der Waals surface area contributed by atoms with Gasteiger partial charge in [-0.05, 0) is 52.2 Å². The van der Waals surface area contributed by atoms with Crippen molar-refractivity contribution in [3.63, 3.8) is 0 Å². The van der Waals surface area contributed by atoms with Crippen LogP contribution in [0.3, 0.4) is 0 Å². The first-order chi connectivity index (χ1) is 8.10. The first-order valence-electron chi connectivity index (χ1n) is 7.51. The van der Waals surface area contributed by atoms with E-state index in [0.717, 1.165) is 12.5 Å². The first-order valence-corrected chi connectivity index (χ1v) is 7.51. The van der Waals surface area contributed by atoms with Gasteiger partial charge in [-0.2, -0.15) is 0 Å². The highest BCUT2D eigenvalue weighted by atomic mass is 15.2. The second-order valence-electron chi connectivity index (χ2n) is 5.84. The molecule has 0 aromatic heterocycles. The van der Waals surface area contributed by atoms with Crippen molar-refractivity contribution in [1.29, 1.82) is 0 Å². The highest BCUT2D eigenvalue weighted by Crippen LogP contribution is 2.36. The van der Waals surface area contributed by atoms with E-state index in [1.807, 2.05) is 0 Å². The number of nitrogens with zero attached hydrogens (tertiary/aromatic N) is 1. The highest BCUT2D eigenvalue weighted by Gasteiger charge is 2.37. The Morgan fingerprint density at radius 3 is 2.12 bits per heavy atom. The summed E-state index contributed by atoms with van der Waals surface area (Å²) in [6.07, 6.45) is 8.20. The molecular formula is C15H32N2. The van der Waals surface area contributed by atoms with Gasteiger partial charge < -0.3 is 10.2 Å². The van der Waals surface area contributed by atoms with E-state index in [1.54, 1.807) is 0 Å². The zero-order chi connectivity index (χ0) is 12.9. The maximum Gasteiger partial charge on any atom is 0.0351 e. The predicted molar refractivity (Wildman–Crippen MR) is 76.4 cm³/mol. The van der Waals surface area contributed by atoms with E-state index < -0.39 is 0 Å². The third-order valence-corrected chi connectivity index (χ3v) is 4.77. The minimum atomic E-state index is 0.338. The lowest BCUT2D eigenvalue weighted by molar-refractivity contribution is 0.0831. The summed E-state index contributed by atoms with van der Waals surface area (Å²) in [4.78, 5) is 2.45. The Kier molecular flexibility index (Phi) is 5.94. The minimum absolute atomic E-state index is 0.338. The SMILES string of the molecule is CCNC(CCC1CC1)C(CC)(CC)N(C)C. The molecule has 0 amide bonds. The summed E-state index contributed by atoms with van der Waals surface area (Å²) in [5.41, 5.74) is 0.338. The summed E-state index contributed by atoms with van der Waals surface area (Å²) in [7, 11) is 4.49. The second-order valence-corrected chi connectivity index (χ2v) is 5.84. The highest BCUT2D eigenvalue weighted by molar-refractivity contribution is 4.97. The van der Waals surface area contributed by atoms with E-state index in [9.17, 15) is 0 Å². The van der Waals surface area contributed by atoms with Gasteiger partial charge in [0.1, 0.15) is 0 Å². The Balaban J connectivity index is 2.66. The number of likely N-dealkylation sites (N-methyl/N-ethyl adjacent to an activating group) is 2. The Labute approximate surface area is 108 Å². The van der Waals surface area contributed by atoms with Gasteiger partial charge in [0.25, 0.3) is 0 Å². The standard InChI is InChI=1S/C15H32N2/c1-6-15(7-2,17(4)5)14(16-8-3)12-11-13-9-10-13/h13-14,16H,6-12H2,1-5H3. The third kappa shape index (κ3) is 3.69. The van der Waals surface area contributed by atoms with Crippen molar-refractivity contribution in [2.24, 2.45) is 5.92 Å². The van der Waals surface area contributed by atoms with Crippen LogP contribution < -0.4 is 5.32 Å². The minimum Gasteiger partial charge on any atom is -0.312 e. The van der Waals surface area contributed by atoms with Crippen LogP contribution in [0.15, 0.2) is 0 Å². The Morgan fingerprint density at radius 1 is 1.18 bits per heavy atom. The van der Waals surface area contributed by atoms with Gasteiger partial charge in [0, 0.05) is 11.6 Å². The lowest BCUT2D eigenvalue weighted by atomic mass is 9.80. The van der Waals surface area contributed by atoms with Gasteiger partial charge in [0.15, 0.2) is 0 Å². The monoisotopic (exact) mass is 240 g/mol. The van der Waals surface area contributed by atoms with Gasteiger partial charge in [-0.15, -0.1) is 0 Å². The molecule has 102 valence electrons. The van der Waals surface area contributed by atoms with Crippen molar-refractivity contribution in [3.05, 3.63) is 0 Å². The number of hydrogen-bond acceptors (Lipinski definition) is 2. The Morgan fingerprint density at radius 2 is 1.76 bits per heavy atom. The van der Waals surface area contributed by atoms with Gasteiger partial charge in [0.05, 0.1) is 0 Å². The smallest absolute Gasteiger partial charge is 0.0351 e. The zero-order valence-corrected chi connectivity index (χ0v) is 12.6. The van der Waals surface area contributed by atoms with Gasteiger partial charge >= 0.3 is 0 Å². The van der Waals surface area contributed by atoms with Crippen molar-refractivity contribution in [1.82, 2.24) is 10.2 Å². The molecule has 2 nitrogen and oxygen atoms in total. The topological polar surface area (TPSA) is 15.3 Å². The van der Waals surface area contributed by atoms with Crippen LogP contribution in [0.5, 0.6) is 0 Å². The van der Waals surface area contributed by atoms with Crippen molar-refractivity contribution in [2.75, 3.05) is 20.6 Å². The number of rotatable bonds is 9. The van der Waals surface area contributed by atoms with Crippen LogP contribution in [-0.4, -0.2) is 37.1 Å². The third-order valence-electron chi connectivity index (χ3n) is 4.77. The molecule has 0 heterocycles. The number of hydrogen-bond donors (Lipinski definition) is 1. The first kappa shape index (κ1) is 15.0. The van der Waals surface area contributed by atoms with Gasteiger partial charge in [-0.1, -0.05) is 33.6 Å². The molecule has 1 fully saturated rings. The van der Waals surface area contributed by atoms with Gasteiger partial charge in [-0.25, -0.2) is 0 Å². The summed E-state index contributed by atoms with van der Waals surface area (Å²) in [5.74, 6) is 1.05. The average Bonchev–Trinajstić information content (AvgIpc) is 3.11. The van der Waals surface area contributed by atoms with Crippen molar-refractivity contribution >= 4 is 0 Å². The molecule has 0 spiro atoms. The molecule has 1 saturated carbocycles. The summed E-state index contributed by atoms with van der Waals surface area (Å²) >= 11 is 0. The molecule has 1 atom stereocenters. The fourth-order valence-corrected chi connectivity index (χ4v) is 3.30. The van der Waals surface area contributed by atoms with E-state index in [0.29, 0.717) is 11.6 Å². The molecule has 0 saturated heterocycles. The largest absolute Gasteiger partial charge is 0.312 e. The molecule has 0 radical (unpaired) electrons. The summed E-state index contributed by atoms with van der Waals surface area (Å²) < 4.78 is 0. The molecule has 1 unspecified atom stereocenters. The van der Waals surface area contributed by atoms with Crippen LogP contribution in [0.2, 0.25) is 0 Å². The molecule has 0 aromatic rings. The second kappa shape index (κ2) is 6.75. The molecule has 0 bridgehead atoms. The molecular weight excluding hydrogens is 208 g/mol. The maximum absolute atomic E-state index is 3.75. The van der Waals surface area contributed by atoms with E-state index >= 15 is 0 Å². The molecule has 1 rings (SSSR count). The van der Waals surface area contributed by atoms with E-state index in [1.165, 1.54) is 38.5 Å². The normalized spacial score (nSPS) is 18.7. The van der Waals surface area contributed by atoms with Gasteiger partial charge in [-0.3, -0.25) is 0 Å². The maximum atomic E-state index is 3.75. The van der Waals surface area contributed by atoms with Crippen LogP contribution in [0.1, 0.15) is 59.3 Å². The quantitative estimate of drug-likeness (QED) is 0.665. The van der Waals surface area contributed by atoms with Crippen molar-refractivity contribution < 1.29 is 0 Å². The molecule has 17 heavy (non-hydrogen) atoms. The molecule has 1 aliphatic rings. The van der Waals surface area contributed by atoms with Crippen molar-refractivity contribution in [2.45, 2.75) is 70.9 Å². The van der Waals surface area contributed by atoms with Crippen LogP contribution in [0.4, 0.5) is 0 Å². The lowest BCUT2D eigenvalue weighted by Crippen LogP contribution is -2.58. The zero-order valence-electron chi connectivity index (χ0n) is 12.6. The molecule has 1 N–H and O–H groups in total. The lowest BCUT2D eigenvalue weighted by Gasteiger charge is -2.45. The van der Waals surface area contributed by atoms with Crippen LogP contribution >= 0.6 is 0 Å². The van der Waals surface area contributed by atoms with E-state index in [4.69, 9.17) is 0 Å². The van der Waals surface area contributed by atoms with Crippen LogP contribution in [0.25, 0.3) is 0 Å². The Hall–Kier alpha value is -0.0800. The van der Waals surface area contributed by atoms with Crippen LogP contribution in [0, 0.1) is 5.92 Å². The van der Waals surface area contributed by atoms with Crippen LogP contribution in [-0.2, 0) is 0 Å². The summed E-state index contributed by atoms with van der Waals surface area (Å²) in [6.45, 7) is 8.00. The molecule has 0 aliphatic heterocycles. The van der Waals surface area contributed by atoms with E-state index in [-0.39, 0.29) is 0 Å². The molecule has 2 heteroatoms. The predicted octanol–water partition coefficient (Wildman–Crippen LogP) is 3.28. The van der Waals surface area contributed by atoms with Gasteiger partial charge in [0.2, 0.25) is 0 Å². The molecule has 0 aromatic carbocycles. The number of nitrogens with one attached hydrogen (secondary N) is 1. The fraction of sp³-hybridized carbons (Fsp3) is 1.00. The summed E-state index contributed by atoms with van der Waals surface area (Å²) in [6, 6.07) is 0.651. The average molecular weight is 240 g/mol. The van der Waals surface area contributed by atoms with Crippen molar-refractivity contribution in [3.8, 4) is 0 Å². The Bertz CT molecular complexity index is 205. The summed E-state index contributed by atoms with van der Waals surface area (Å²) in [5, 5.41) is 3.75. The molecule has 1 aliphatic carbocycles. The fourth-order valence-electron chi connectivity index (χ4n) is 3.30. The van der Waals surface area contributed by atoms with E-state index in [2.05, 4.69) is 45.1 Å².